The Hall–Kier alpha value is 0.400. The van der Waals surface area contributed by atoms with Gasteiger partial charge in [-0.25, -0.2) is 0 Å². The van der Waals surface area contributed by atoms with E-state index in [1.165, 1.54) is 44.1 Å². The van der Waals surface area contributed by atoms with Gasteiger partial charge in [-0.15, -0.1) is 0 Å². The van der Waals surface area contributed by atoms with Crippen LogP contribution in [0, 0.1) is 11.3 Å². The molecule has 1 saturated heterocycles. The molecule has 1 aliphatic heterocycles. The summed E-state index contributed by atoms with van der Waals surface area (Å²) in [6, 6.07) is 0. The average Bonchev–Trinajstić information content (AvgIpc) is 2.76. The molecule has 2 nitrogen and oxygen atoms in total. The molecule has 2 atom stereocenters. The topological polar surface area (TPSA) is 29.3 Å². The minimum absolute atomic E-state index is 0.674. The summed E-state index contributed by atoms with van der Waals surface area (Å²) in [4.78, 5) is 2.55. The summed E-state index contributed by atoms with van der Waals surface area (Å²) in [5, 5.41) is 1.20. The third-order valence-electron chi connectivity index (χ3n) is 3.99. The first-order valence-electron chi connectivity index (χ1n) is 5.76. The summed E-state index contributed by atoms with van der Waals surface area (Å²) in [5.41, 5.74) is 6.27. The smallest absolute Gasteiger partial charge is 0.0105 e. The first-order chi connectivity index (χ1) is 6.78. The predicted molar refractivity (Wildman–Crippen MR) is 63.7 cm³/mol. The fourth-order valence-electron chi connectivity index (χ4n) is 3.23. The van der Waals surface area contributed by atoms with Crippen molar-refractivity contribution in [2.24, 2.45) is 17.1 Å². The van der Waals surface area contributed by atoms with E-state index in [1.807, 2.05) is 0 Å². The second-order valence-corrected chi connectivity index (χ2v) is 5.73. The number of alkyl halides is 1. The maximum Gasteiger partial charge on any atom is 0.0105 e. The molecule has 82 valence electrons. The Morgan fingerprint density at radius 2 is 2.29 bits per heavy atom. The van der Waals surface area contributed by atoms with Crippen molar-refractivity contribution in [2.75, 3.05) is 31.5 Å². The molecule has 1 heterocycles. The summed E-state index contributed by atoms with van der Waals surface area (Å²) in [6.45, 7) is 4.51. The van der Waals surface area contributed by atoms with Gasteiger partial charge in [0.2, 0.25) is 0 Å². The van der Waals surface area contributed by atoms with Crippen LogP contribution in [0.4, 0.5) is 0 Å². The molecule has 14 heavy (non-hydrogen) atoms. The molecular formula is C11H21BrN2. The lowest BCUT2D eigenvalue weighted by molar-refractivity contribution is 0.260. The Kier molecular flexibility index (Phi) is 3.50. The summed E-state index contributed by atoms with van der Waals surface area (Å²) in [7, 11) is 0. The third-order valence-corrected chi connectivity index (χ3v) is 4.90. The highest BCUT2D eigenvalue weighted by Gasteiger charge is 2.43. The van der Waals surface area contributed by atoms with E-state index in [9.17, 15) is 0 Å². The molecule has 2 N–H and O–H groups in total. The summed E-state index contributed by atoms with van der Waals surface area (Å²) in [5.74, 6) is 0.938. The Labute approximate surface area is 95.3 Å². The van der Waals surface area contributed by atoms with E-state index in [1.54, 1.807) is 0 Å². The van der Waals surface area contributed by atoms with Crippen LogP contribution in [0.2, 0.25) is 0 Å². The monoisotopic (exact) mass is 260 g/mol. The van der Waals surface area contributed by atoms with Crippen LogP contribution in [-0.4, -0.2) is 36.4 Å². The second-order valence-electron chi connectivity index (χ2n) is 5.08. The maximum absolute atomic E-state index is 5.60. The minimum atomic E-state index is 0.674. The largest absolute Gasteiger partial charge is 0.329 e. The van der Waals surface area contributed by atoms with Crippen LogP contribution in [0.1, 0.15) is 25.7 Å². The van der Waals surface area contributed by atoms with Crippen molar-refractivity contribution in [3.63, 3.8) is 0 Å². The van der Waals surface area contributed by atoms with Crippen molar-refractivity contribution < 1.29 is 0 Å². The molecule has 0 bridgehead atoms. The van der Waals surface area contributed by atoms with E-state index in [4.69, 9.17) is 5.73 Å². The fraction of sp³-hybridized carbons (Fsp3) is 1.00. The van der Waals surface area contributed by atoms with Gasteiger partial charge in [-0.2, -0.15) is 0 Å². The Bertz CT molecular complexity index is 198. The lowest BCUT2D eigenvalue weighted by Crippen LogP contribution is -2.30. The zero-order valence-electron chi connectivity index (χ0n) is 8.84. The van der Waals surface area contributed by atoms with Crippen LogP contribution in [0.15, 0.2) is 0 Å². The molecule has 0 aromatic carbocycles. The number of nitrogens with zero attached hydrogens (tertiary/aromatic N) is 1. The lowest BCUT2D eigenvalue weighted by Gasteiger charge is -2.24. The maximum atomic E-state index is 5.60. The van der Waals surface area contributed by atoms with Gasteiger partial charge < -0.3 is 10.6 Å². The minimum Gasteiger partial charge on any atom is -0.329 e. The summed E-state index contributed by atoms with van der Waals surface area (Å²) >= 11 is 3.62. The molecule has 1 aliphatic carbocycles. The van der Waals surface area contributed by atoms with Gasteiger partial charge in [-0.1, -0.05) is 15.9 Å². The Balaban J connectivity index is 1.87. The zero-order valence-corrected chi connectivity index (χ0v) is 10.4. The zero-order chi connectivity index (χ0) is 10.0. The number of hydrogen-bond donors (Lipinski definition) is 1. The van der Waals surface area contributed by atoms with Crippen LogP contribution in [0.25, 0.3) is 0 Å². The van der Waals surface area contributed by atoms with Crippen LogP contribution >= 0.6 is 15.9 Å². The number of halogens is 1. The van der Waals surface area contributed by atoms with Gasteiger partial charge in [0.25, 0.3) is 0 Å². The third kappa shape index (κ3) is 2.15. The van der Waals surface area contributed by atoms with E-state index in [0.29, 0.717) is 5.41 Å². The molecule has 0 radical (unpaired) electrons. The molecule has 0 unspecified atom stereocenters. The quantitative estimate of drug-likeness (QED) is 0.785. The molecule has 1 spiro atoms. The molecule has 0 amide bonds. The van der Waals surface area contributed by atoms with Crippen LogP contribution in [0.3, 0.4) is 0 Å². The van der Waals surface area contributed by atoms with E-state index >= 15 is 0 Å². The Morgan fingerprint density at radius 3 is 2.93 bits per heavy atom. The van der Waals surface area contributed by atoms with E-state index in [2.05, 4.69) is 20.8 Å². The molecular weight excluding hydrogens is 240 g/mol. The number of likely N-dealkylation sites (tertiary alicyclic amines) is 1. The van der Waals surface area contributed by atoms with Crippen LogP contribution in [0.5, 0.6) is 0 Å². The number of hydrogen-bond acceptors (Lipinski definition) is 2. The van der Waals surface area contributed by atoms with E-state index in [0.717, 1.165) is 19.0 Å². The van der Waals surface area contributed by atoms with Crippen molar-refractivity contribution in [3.8, 4) is 0 Å². The highest BCUT2D eigenvalue weighted by atomic mass is 79.9. The fourth-order valence-corrected chi connectivity index (χ4v) is 3.78. The molecule has 0 aromatic heterocycles. The van der Waals surface area contributed by atoms with E-state index in [-0.39, 0.29) is 0 Å². The lowest BCUT2D eigenvalue weighted by atomic mass is 9.85. The Morgan fingerprint density at radius 1 is 1.43 bits per heavy atom. The average molecular weight is 261 g/mol. The number of rotatable bonds is 3. The van der Waals surface area contributed by atoms with Gasteiger partial charge in [0.15, 0.2) is 0 Å². The van der Waals surface area contributed by atoms with Gasteiger partial charge in [-0.05, 0) is 43.6 Å². The molecule has 0 aromatic rings. The normalized spacial score (nSPS) is 38.6. The first kappa shape index (κ1) is 10.9. The summed E-state index contributed by atoms with van der Waals surface area (Å²) < 4.78 is 0. The van der Waals surface area contributed by atoms with Crippen LogP contribution < -0.4 is 5.73 Å². The molecule has 2 aliphatic rings. The van der Waals surface area contributed by atoms with Crippen molar-refractivity contribution in [1.82, 2.24) is 4.90 Å². The van der Waals surface area contributed by atoms with Gasteiger partial charge in [0.05, 0.1) is 0 Å². The predicted octanol–water partition coefficient (Wildman–Crippen LogP) is 1.83. The molecule has 2 fully saturated rings. The SMILES string of the molecule is NCCN1CC[C@@]2(CC[C@H](CBr)C2)C1. The standard InChI is InChI=1S/C11H21BrN2/c12-8-10-1-2-11(7-10)3-5-14(9-11)6-4-13/h10H,1-9,13H2/t10-,11+/m0/s1. The van der Waals surface area contributed by atoms with Crippen molar-refractivity contribution in [2.45, 2.75) is 25.7 Å². The van der Waals surface area contributed by atoms with Gasteiger partial charge in [-0.3, -0.25) is 0 Å². The van der Waals surface area contributed by atoms with Gasteiger partial charge in [0.1, 0.15) is 0 Å². The molecule has 2 rings (SSSR count). The molecule has 1 saturated carbocycles. The highest BCUT2D eigenvalue weighted by Crippen LogP contribution is 2.48. The van der Waals surface area contributed by atoms with Crippen molar-refractivity contribution in [3.05, 3.63) is 0 Å². The highest BCUT2D eigenvalue weighted by molar-refractivity contribution is 9.09. The van der Waals surface area contributed by atoms with Crippen LogP contribution in [-0.2, 0) is 0 Å². The summed E-state index contributed by atoms with van der Waals surface area (Å²) in [6.07, 6.45) is 5.74. The van der Waals surface area contributed by atoms with Gasteiger partial charge >= 0.3 is 0 Å². The number of nitrogens with two attached hydrogens (primary N) is 1. The van der Waals surface area contributed by atoms with Crippen molar-refractivity contribution in [1.29, 1.82) is 0 Å². The van der Waals surface area contributed by atoms with Crippen molar-refractivity contribution >= 4 is 15.9 Å². The van der Waals surface area contributed by atoms with E-state index < -0.39 is 0 Å². The first-order valence-corrected chi connectivity index (χ1v) is 6.88. The second kappa shape index (κ2) is 4.50. The van der Waals surface area contributed by atoms with Gasteiger partial charge in [0, 0.05) is 25.0 Å². The molecule has 3 heteroatoms.